The summed E-state index contributed by atoms with van der Waals surface area (Å²) in [6.07, 6.45) is 19.2. The first-order valence-corrected chi connectivity index (χ1v) is 9.36. The van der Waals surface area contributed by atoms with Crippen molar-refractivity contribution in [1.29, 1.82) is 0 Å². The number of carbonyl (C=O) groups is 1. The van der Waals surface area contributed by atoms with E-state index in [1.165, 1.54) is 32.1 Å². The number of aliphatic carboxylic acids is 1. The van der Waals surface area contributed by atoms with Crippen LogP contribution >= 0.6 is 0 Å². The van der Waals surface area contributed by atoms with Gasteiger partial charge in [0.05, 0.1) is 6.10 Å². The highest BCUT2D eigenvalue weighted by Gasteiger charge is 2.34. The highest BCUT2D eigenvalue weighted by Crippen LogP contribution is 2.45. The third-order valence-electron chi connectivity index (χ3n) is 4.67. The molecule has 3 nitrogen and oxygen atoms in total. The molecule has 0 amide bonds. The maximum Gasteiger partial charge on any atom is 0.303 e. The summed E-state index contributed by atoms with van der Waals surface area (Å²) in [4.78, 5) is 10.4. The van der Waals surface area contributed by atoms with Gasteiger partial charge < -0.3 is 10.2 Å². The Hall–Kier alpha value is -1.09. The fourth-order valence-electron chi connectivity index (χ4n) is 3.08. The molecule has 3 atom stereocenters. The number of carboxylic acid groups (broad SMARTS) is 1. The van der Waals surface area contributed by atoms with Gasteiger partial charge in [-0.25, -0.2) is 0 Å². The summed E-state index contributed by atoms with van der Waals surface area (Å²) in [5.41, 5.74) is 0. The first-order chi connectivity index (χ1) is 11.1. The molecule has 1 aliphatic rings. The standard InChI is InChI=1S/C20H34O3/c1-2-3-6-13-19(21)14-8-5-4-7-11-17-16-18(17)12-9-10-15-20(22)23/h4-5,8,14,17-19,21H,2-3,6-7,9-13,15-16H2,1H3,(H,22,23)/b5-4-,14-8+/t17-,18+,19?/m0/s1. The molecule has 0 bridgehead atoms. The maximum absolute atomic E-state index is 10.4. The van der Waals surface area contributed by atoms with Gasteiger partial charge in [-0.2, -0.15) is 0 Å². The number of allylic oxidation sites excluding steroid dienone is 3. The lowest BCUT2D eigenvalue weighted by atomic mass is 10.1. The van der Waals surface area contributed by atoms with E-state index in [1.807, 2.05) is 18.2 Å². The van der Waals surface area contributed by atoms with E-state index in [0.29, 0.717) is 6.42 Å². The van der Waals surface area contributed by atoms with Crippen LogP contribution in [0, 0.1) is 11.8 Å². The van der Waals surface area contributed by atoms with E-state index in [1.54, 1.807) is 0 Å². The summed E-state index contributed by atoms with van der Waals surface area (Å²) in [5, 5.41) is 18.3. The van der Waals surface area contributed by atoms with Crippen LogP contribution in [-0.2, 0) is 4.79 Å². The fraction of sp³-hybridized carbons (Fsp3) is 0.750. The van der Waals surface area contributed by atoms with E-state index < -0.39 is 5.97 Å². The molecule has 0 heterocycles. The molecule has 0 aromatic heterocycles. The number of hydrogen-bond donors (Lipinski definition) is 2. The summed E-state index contributed by atoms with van der Waals surface area (Å²) in [5.74, 6) is 1.02. The lowest BCUT2D eigenvalue weighted by Gasteiger charge is -2.03. The fourth-order valence-corrected chi connectivity index (χ4v) is 3.08. The second-order valence-electron chi connectivity index (χ2n) is 6.85. The molecule has 1 fully saturated rings. The van der Waals surface area contributed by atoms with Crippen LogP contribution in [0.1, 0.15) is 77.6 Å². The number of aliphatic hydroxyl groups is 1. The molecular weight excluding hydrogens is 288 g/mol. The van der Waals surface area contributed by atoms with Crippen LogP contribution in [0.5, 0.6) is 0 Å². The molecule has 1 unspecified atom stereocenters. The Labute approximate surface area is 141 Å². The largest absolute Gasteiger partial charge is 0.481 e. The normalized spacial score (nSPS) is 22.0. The predicted octanol–water partition coefficient (Wildman–Crippen LogP) is 5.10. The molecule has 23 heavy (non-hydrogen) atoms. The third-order valence-corrected chi connectivity index (χ3v) is 4.67. The lowest BCUT2D eigenvalue weighted by Crippen LogP contribution is -2.00. The van der Waals surface area contributed by atoms with Gasteiger partial charge in [0.2, 0.25) is 0 Å². The van der Waals surface area contributed by atoms with Gasteiger partial charge in [0, 0.05) is 6.42 Å². The maximum atomic E-state index is 10.4. The quantitative estimate of drug-likeness (QED) is 0.345. The minimum Gasteiger partial charge on any atom is -0.481 e. The smallest absolute Gasteiger partial charge is 0.303 e. The van der Waals surface area contributed by atoms with E-state index in [9.17, 15) is 9.90 Å². The van der Waals surface area contributed by atoms with Crippen LogP contribution in [-0.4, -0.2) is 22.3 Å². The second kappa shape index (κ2) is 12.3. The van der Waals surface area contributed by atoms with Crippen molar-refractivity contribution in [3.05, 3.63) is 24.3 Å². The molecule has 0 aliphatic heterocycles. The van der Waals surface area contributed by atoms with E-state index in [2.05, 4.69) is 13.0 Å². The van der Waals surface area contributed by atoms with Crippen LogP contribution < -0.4 is 0 Å². The summed E-state index contributed by atoms with van der Waals surface area (Å²) in [7, 11) is 0. The monoisotopic (exact) mass is 322 g/mol. The van der Waals surface area contributed by atoms with Crippen molar-refractivity contribution in [2.45, 2.75) is 83.7 Å². The summed E-state index contributed by atoms with van der Waals surface area (Å²) < 4.78 is 0. The molecule has 0 aromatic carbocycles. The van der Waals surface area contributed by atoms with Crippen molar-refractivity contribution < 1.29 is 15.0 Å². The highest BCUT2D eigenvalue weighted by molar-refractivity contribution is 5.66. The molecule has 0 aromatic rings. The number of unbranched alkanes of at least 4 members (excludes halogenated alkanes) is 3. The van der Waals surface area contributed by atoms with Crippen molar-refractivity contribution in [1.82, 2.24) is 0 Å². The topological polar surface area (TPSA) is 57.5 Å². The van der Waals surface area contributed by atoms with Crippen molar-refractivity contribution in [2.24, 2.45) is 11.8 Å². The van der Waals surface area contributed by atoms with E-state index in [4.69, 9.17) is 5.11 Å². The van der Waals surface area contributed by atoms with Crippen LogP contribution in [0.3, 0.4) is 0 Å². The Morgan fingerprint density at radius 2 is 1.91 bits per heavy atom. The summed E-state index contributed by atoms with van der Waals surface area (Å²) in [6.45, 7) is 2.17. The molecular formula is C20H34O3. The van der Waals surface area contributed by atoms with Gasteiger partial charge in [-0.05, 0) is 43.9 Å². The molecule has 132 valence electrons. The first-order valence-electron chi connectivity index (χ1n) is 9.36. The zero-order chi connectivity index (χ0) is 16.9. The Morgan fingerprint density at radius 1 is 1.13 bits per heavy atom. The van der Waals surface area contributed by atoms with Crippen LogP contribution in [0.25, 0.3) is 0 Å². The Bertz CT molecular complexity index is 373. The van der Waals surface area contributed by atoms with Gasteiger partial charge in [0.15, 0.2) is 0 Å². The minimum absolute atomic E-state index is 0.301. The van der Waals surface area contributed by atoms with Crippen LogP contribution in [0.4, 0.5) is 0 Å². The molecule has 1 aliphatic carbocycles. The molecule has 1 rings (SSSR count). The number of aliphatic hydroxyl groups excluding tert-OH is 1. The minimum atomic E-state index is -0.675. The van der Waals surface area contributed by atoms with E-state index in [0.717, 1.165) is 43.9 Å². The summed E-state index contributed by atoms with van der Waals surface area (Å²) in [6, 6.07) is 0. The van der Waals surface area contributed by atoms with Gasteiger partial charge in [-0.3, -0.25) is 4.79 Å². The molecule has 1 saturated carbocycles. The summed E-state index contributed by atoms with van der Waals surface area (Å²) >= 11 is 0. The van der Waals surface area contributed by atoms with Crippen molar-refractivity contribution >= 4 is 5.97 Å². The molecule has 0 spiro atoms. The van der Waals surface area contributed by atoms with Crippen LogP contribution in [0.2, 0.25) is 0 Å². The average Bonchev–Trinajstić information content (AvgIpc) is 3.26. The third kappa shape index (κ3) is 11.1. The number of hydrogen-bond acceptors (Lipinski definition) is 2. The van der Waals surface area contributed by atoms with Crippen molar-refractivity contribution in [3.8, 4) is 0 Å². The van der Waals surface area contributed by atoms with E-state index in [-0.39, 0.29) is 6.10 Å². The molecule has 2 N–H and O–H groups in total. The SMILES string of the molecule is CCCCCC(O)/C=C/C=C\CC[C@H]1C[C@H]1CCCCC(=O)O. The second-order valence-corrected chi connectivity index (χ2v) is 6.85. The highest BCUT2D eigenvalue weighted by atomic mass is 16.4. The zero-order valence-corrected chi connectivity index (χ0v) is 14.6. The Morgan fingerprint density at radius 3 is 2.65 bits per heavy atom. The zero-order valence-electron chi connectivity index (χ0n) is 14.6. The van der Waals surface area contributed by atoms with Crippen LogP contribution in [0.15, 0.2) is 24.3 Å². The first kappa shape index (κ1) is 20.0. The Kier molecular flexibility index (Phi) is 10.7. The van der Waals surface area contributed by atoms with Gasteiger partial charge in [0.25, 0.3) is 0 Å². The van der Waals surface area contributed by atoms with Crippen molar-refractivity contribution in [2.75, 3.05) is 0 Å². The Balaban J connectivity index is 1.95. The van der Waals surface area contributed by atoms with Gasteiger partial charge in [-0.15, -0.1) is 0 Å². The molecule has 0 saturated heterocycles. The molecule has 3 heteroatoms. The van der Waals surface area contributed by atoms with E-state index >= 15 is 0 Å². The average molecular weight is 322 g/mol. The van der Waals surface area contributed by atoms with Gasteiger partial charge in [-0.1, -0.05) is 63.3 Å². The number of rotatable bonds is 14. The van der Waals surface area contributed by atoms with Gasteiger partial charge in [0.1, 0.15) is 0 Å². The number of carboxylic acids is 1. The lowest BCUT2D eigenvalue weighted by molar-refractivity contribution is -0.137. The molecule has 0 radical (unpaired) electrons. The van der Waals surface area contributed by atoms with Crippen molar-refractivity contribution in [3.63, 3.8) is 0 Å². The van der Waals surface area contributed by atoms with Gasteiger partial charge >= 0.3 is 5.97 Å². The predicted molar refractivity (Wildman–Crippen MR) is 95.4 cm³/mol.